The Hall–Kier alpha value is -0.820. The summed E-state index contributed by atoms with van der Waals surface area (Å²) in [5.41, 5.74) is 0.564. The first kappa shape index (κ1) is 16.5. The fraction of sp³-hybridized carbons (Fsp3) is 0.929. The van der Waals surface area contributed by atoms with E-state index in [9.17, 15) is 8.42 Å². The molecule has 1 aliphatic carbocycles. The van der Waals surface area contributed by atoms with Crippen molar-refractivity contribution >= 4 is 16.0 Å². The van der Waals surface area contributed by atoms with Gasteiger partial charge in [-0.05, 0) is 38.0 Å². The van der Waals surface area contributed by atoms with E-state index in [1.54, 1.807) is 6.92 Å². The van der Waals surface area contributed by atoms with Gasteiger partial charge in [0.25, 0.3) is 0 Å². The van der Waals surface area contributed by atoms with Gasteiger partial charge in [-0.1, -0.05) is 6.42 Å². The molecule has 2 fully saturated rings. The molecular formula is C14H28N4O2S. The van der Waals surface area contributed by atoms with Crippen LogP contribution in [0, 0.1) is 5.41 Å². The summed E-state index contributed by atoms with van der Waals surface area (Å²) >= 11 is 0. The highest BCUT2D eigenvalue weighted by Gasteiger charge is 2.43. The van der Waals surface area contributed by atoms with Crippen LogP contribution in [0.2, 0.25) is 0 Å². The van der Waals surface area contributed by atoms with Gasteiger partial charge in [-0.25, -0.2) is 13.1 Å². The molecule has 0 aromatic rings. The summed E-state index contributed by atoms with van der Waals surface area (Å²) in [6.07, 6.45) is 6.14. The maximum absolute atomic E-state index is 11.3. The van der Waals surface area contributed by atoms with E-state index in [2.05, 4.69) is 19.9 Å². The molecule has 1 saturated carbocycles. The molecular weight excluding hydrogens is 288 g/mol. The Kier molecular flexibility index (Phi) is 5.48. The summed E-state index contributed by atoms with van der Waals surface area (Å²) in [4.78, 5) is 6.69. The molecule has 21 heavy (non-hydrogen) atoms. The molecule has 0 radical (unpaired) electrons. The number of sulfonamides is 1. The van der Waals surface area contributed by atoms with E-state index in [-0.39, 0.29) is 5.75 Å². The molecule has 0 bridgehead atoms. The molecule has 1 spiro atoms. The van der Waals surface area contributed by atoms with Crippen molar-refractivity contribution in [3.8, 4) is 0 Å². The number of hydrogen-bond acceptors (Lipinski definition) is 3. The number of guanidine groups is 1. The van der Waals surface area contributed by atoms with Gasteiger partial charge >= 0.3 is 0 Å². The van der Waals surface area contributed by atoms with E-state index in [0.29, 0.717) is 12.0 Å². The van der Waals surface area contributed by atoms with Crippen molar-refractivity contribution in [1.82, 2.24) is 14.9 Å². The Balaban J connectivity index is 1.67. The minimum Gasteiger partial charge on any atom is -0.356 e. The normalized spacial score (nSPS) is 21.6. The van der Waals surface area contributed by atoms with E-state index in [1.165, 1.54) is 25.7 Å². The van der Waals surface area contributed by atoms with Crippen molar-refractivity contribution in [2.45, 2.75) is 39.0 Å². The van der Waals surface area contributed by atoms with E-state index in [1.807, 2.05) is 7.05 Å². The highest BCUT2D eigenvalue weighted by Crippen LogP contribution is 2.47. The third kappa shape index (κ3) is 4.32. The number of rotatable bonds is 6. The first-order chi connectivity index (χ1) is 10.0. The minimum atomic E-state index is -3.07. The molecule has 1 heterocycles. The summed E-state index contributed by atoms with van der Waals surface area (Å²) in [6.45, 7) is 5.07. The van der Waals surface area contributed by atoms with Crippen molar-refractivity contribution in [1.29, 1.82) is 0 Å². The summed E-state index contributed by atoms with van der Waals surface area (Å²) in [6, 6.07) is 0. The monoisotopic (exact) mass is 316 g/mol. The van der Waals surface area contributed by atoms with E-state index in [4.69, 9.17) is 0 Å². The Bertz CT molecular complexity index is 471. The predicted octanol–water partition coefficient (Wildman–Crippen LogP) is 0.767. The first-order valence-corrected chi connectivity index (χ1v) is 9.58. The number of likely N-dealkylation sites (tertiary alicyclic amines) is 1. The van der Waals surface area contributed by atoms with Crippen LogP contribution in [0.4, 0.5) is 0 Å². The van der Waals surface area contributed by atoms with Crippen molar-refractivity contribution in [3.05, 3.63) is 0 Å². The van der Waals surface area contributed by atoms with Gasteiger partial charge in [0.05, 0.1) is 5.75 Å². The molecule has 2 rings (SSSR count). The van der Waals surface area contributed by atoms with Crippen molar-refractivity contribution in [2.75, 3.05) is 39.0 Å². The molecule has 122 valence electrons. The van der Waals surface area contributed by atoms with Gasteiger partial charge in [0.2, 0.25) is 10.0 Å². The fourth-order valence-corrected chi connectivity index (χ4v) is 3.81. The van der Waals surface area contributed by atoms with E-state index >= 15 is 0 Å². The summed E-state index contributed by atoms with van der Waals surface area (Å²) < 4.78 is 25.2. The van der Waals surface area contributed by atoms with Crippen LogP contribution >= 0.6 is 0 Å². The van der Waals surface area contributed by atoms with Gasteiger partial charge in [0, 0.05) is 33.2 Å². The van der Waals surface area contributed by atoms with Gasteiger partial charge in [-0.3, -0.25) is 4.99 Å². The van der Waals surface area contributed by atoms with Gasteiger partial charge < -0.3 is 10.2 Å². The smallest absolute Gasteiger partial charge is 0.211 e. The van der Waals surface area contributed by atoms with Crippen LogP contribution in [0.5, 0.6) is 0 Å². The Morgan fingerprint density at radius 3 is 2.57 bits per heavy atom. The third-order valence-electron chi connectivity index (χ3n) is 4.70. The Labute approximate surface area is 128 Å². The number of nitrogens with one attached hydrogen (secondary N) is 2. The highest BCUT2D eigenvalue weighted by molar-refractivity contribution is 7.89. The van der Waals surface area contributed by atoms with Crippen molar-refractivity contribution in [2.24, 2.45) is 10.4 Å². The molecule has 0 amide bonds. The highest BCUT2D eigenvalue weighted by atomic mass is 32.2. The maximum Gasteiger partial charge on any atom is 0.211 e. The number of hydrogen-bond donors (Lipinski definition) is 2. The van der Waals surface area contributed by atoms with Gasteiger partial charge in [0.1, 0.15) is 0 Å². The lowest BCUT2D eigenvalue weighted by Crippen LogP contribution is -2.43. The topological polar surface area (TPSA) is 73.8 Å². The first-order valence-electron chi connectivity index (χ1n) is 7.93. The van der Waals surface area contributed by atoms with Crippen molar-refractivity contribution < 1.29 is 8.42 Å². The van der Waals surface area contributed by atoms with E-state index in [0.717, 1.165) is 32.0 Å². The van der Waals surface area contributed by atoms with Crippen LogP contribution in [-0.2, 0) is 10.0 Å². The largest absolute Gasteiger partial charge is 0.356 e. The zero-order valence-electron chi connectivity index (χ0n) is 13.2. The molecule has 1 saturated heterocycles. The van der Waals surface area contributed by atoms with Gasteiger partial charge in [0.15, 0.2) is 5.96 Å². The SMILES string of the molecule is CCS(=O)(=O)NCCCNC(=NC)N1CCC2(CCC2)C1. The molecule has 2 aliphatic rings. The van der Waals surface area contributed by atoms with Gasteiger partial charge in [-0.2, -0.15) is 0 Å². The lowest BCUT2D eigenvalue weighted by atomic mass is 9.68. The van der Waals surface area contributed by atoms with E-state index < -0.39 is 10.0 Å². The van der Waals surface area contributed by atoms with Crippen LogP contribution in [0.15, 0.2) is 4.99 Å². The lowest BCUT2D eigenvalue weighted by Gasteiger charge is -2.38. The van der Waals surface area contributed by atoms with Crippen LogP contribution < -0.4 is 10.0 Å². The molecule has 0 unspecified atom stereocenters. The fourth-order valence-electron chi connectivity index (χ4n) is 3.15. The Morgan fingerprint density at radius 1 is 1.29 bits per heavy atom. The molecule has 0 atom stereocenters. The molecule has 2 N–H and O–H groups in total. The average Bonchev–Trinajstić information content (AvgIpc) is 2.88. The van der Waals surface area contributed by atoms with Crippen LogP contribution in [0.25, 0.3) is 0 Å². The molecule has 0 aromatic heterocycles. The average molecular weight is 316 g/mol. The zero-order valence-corrected chi connectivity index (χ0v) is 14.0. The van der Waals surface area contributed by atoms with Crippen LogP contribution in [0.3, 0.4) is 0 Å². The molecule has 0 aromatic carbocycles. The third-order valence-corrected chi connectivity index (χ3v) is 6.11. The zero-order chi connectivity index (χ0) is 15.3. The van der Waals surface area contributed by atoms with Gasteiger partial charge in [-0.15, -0.1) is 0 Å². The summed E-state index contributed by atoms with van der Waals surface area (Å²) in [5.74, 6) is 1.09. The molecule has 7 heteroatoms. The quantitative estimate of drug-likeness (QED) is 0.431. The number of aliphatic imine (C=N–C) groups is 1. The molecule has 1 aliphatic heterocycles. The van der Waals surface area contributed by atoms with Crippen molar-refractivity contribution in [3.63, 3.8) is 0 Å². The number of nitrogens with zero attached hydrogens (tertiary/aromatic N) is 2. The predicted molar refractivity (Wildman–Crippen MR) is 85.9 cm³/mol. The lowest BCUT2D eigenvalue weighted by molar-refractivity contribution is 0.151. The summed E-state index contributed by atoms with van der Waals surface area (Å²) in [5, 5.41) is 3.34. The second-order valence-corrected chi connectivity index (χ2v) is 8.25. The van der Waals surface area contributed by atoms with Crippen LogP contribution in [0.1, 0.15) is 39.0 Å². The molecule has 6 nitrogen and oxygen atoms in total. The Morgan fingerprint density at radius 2 is 2.05 bits per heavy atom. The van der Waals surface area contributed by atoms with Crippen LogP contribution in [-0.4, -0.2) is 58.3 Å². The second-order valence-electron chi connectivity index (χ2n) is 6.15. The second kappa shape index (κ2) is 6.96. The maximum atomic E-state index is 11.3. The minimum absolute atomic E-state index is 0.137. The summed E-state index contributed by atoms with van der Waals surface area (Å²) in [7, 11) is -1.26. The standard InChI is InChI=1S/C14H28N4O2S/c1-3-21(19,20)17-10-5-9-16-13(15-2)18-11-8-14(12-18)6-4-7-14/h17H,3-12H2,1-2H3,(H,15,16).